The van der Waals surface area contributed by atoms with E-state index >= 15 is 0 Å². The van der Waals surface area contributed by atoms with Gasteiger partial charge in [0, 0.05) is 22.2 Å². The average Bonchev–Trinajstić information content (AvgIpc) is 2.66. The van der Waals surface area contributed by atoms with Crippen molar-refractivity contribution in [3.8, 4) is 11.8 Å². The molecule has 2 aromatic carbocycles. The van der Waals surface area contributed by atoms with Crippen molar-refractivity contribution in [2.24, 2.45) is 15.9 Å². The predicted molar refractivity (Wildman–Crippen MR) is 111 cm³/mol. The van der Waals surface area contributed by atoms with Gasteiger partial charge in [-0.3, -0.25) is 0 Å². The lowest BCUT2D eigenvalue weighted by molar-refractivity contribution is 0.312. The van der Waals surface area contributed by atoms with Crippen molar-refractivity contribution in [3.63, 3.8) is 0 Å². The summed E-state index contributed by atoms with van der Waals surface area (Å²) in [6, 6.07) is 17.8. The van der Waals surface area contributed by atoms with E-state index < -0.39 is 0 Å². The second-order valence-corrected chi connectivity index (χ2v) is 7.16. The lowest BCUT2D eigenvalue weighted by Crippen LogP contribution is -2.06. The molecule has 26 heavy (non-hydrogen) atoms. The molecule has 0 saturated heterocycles. The summed E-state index contributed by atoms with van der Waals surface area (Å²) in [5.74, 6) is 1.44. The van der Waals surface area contributed by atoms with E-state index in [-0.39, 0.29) is 0 Å². The summed E-state index contributed by atoms with van der Waals surface area (Å²) >= 11 is 4.87. The van der Waals surface area contributed by atoms with Gasteiger partial charge in [0.1, 0.15) is 5.75 Å². The second kappa shape index (κ2) is 11.3. The Balaban J connectivity index is 1.95. The summed E-state index contributed by atoms with van der Waals surface area (Å²) in [4.78, 5) is 0. The molecule has 0 aliphatic rings. The van der Waals surface area contributed by atoms with E-state index in [2.05, 4.69) is 32.2 Å². The molecular weight excluding hydrogens is 412 g/mol. The molecule has 2 N–H and O–H groups in total. The minimum atomic E-state index is 0.400. The minimum absolute atomic E-state index is 0.400. The lowest BCUT2D eigenvalue weighted by atomic mass is 10.2. The number of rotatable bonds is 8. The number of amidine groups is 1. The highest BCUT2D eigenvalue weighted by atomic mass is 79.9. The maximum Gasteiger partial charge on any atom is 0.180 e. The van der Waals surface area contributed by atoms with Crippen LogP contribution in [0.15, 0.2) is 63.2 Å². The van der Waals surface area contributed by atoms with E-state index in [0.29, 0.717) is 30.4 Å². The van der Waals surface area contributed by atoms with Gasteiger partial charge in [0.15, 0.2) is 5.17 Å². The van der Waals surface area contributed by atoms with Crippen LogP contribution in [0.1, 0.15) is 24.0 Å². The summed E-state index contributed by atoms with van der Waals surface area (Å²) < 4.78 is 6.62. The Morgan fingerprint density at radius 1 is 1.27 bits per heavy atom. The first kappa shape index (κ1) is 20.0. The number of nitriles is 1. The van der Waals surface area contributed by atoms with Crippen LogP contribution < -0.4 is 10.5 Å². The number of thioether (sulfide) groups is 1. The molecule has 0 fully saturated rings. The predicted octanol–water partition coefficient (Wildman–Crippen LogP) is 4.71. The van der Waals surface area contributed by atoms with Crippen LogP contribution in [0, 0.1) is 11.3 Å². The van der Waals surface area contributed by atoms with Crippen molar-refractivity contribution in [3.05, 3.63) is 64.1 Å². The zero-order chi connectivity index (χ0) is 18.6. The summed E-state index contributed by atoms with van der Waals surface area (Å²) in [6.45, 7) is 0.481. The first-order chi connectivity index (χ1) is 12.7. The number of hydrogen-bond donors (Lipinski definition) is 1. The van der Waals surface area contributed by atoms with Crippen LogP contribution in [0.5, 0.6) is 5.75 Å². The molecule has 0 aliphatic heterocycles. The zero-order valence-electron chi connectivity index (χ0n) is 14.1. The van der Waals surface area contributed by atoms with Gasteiger partial charge >= 0.3 is 0 Å². The van der Waals surface area contributed by atoms with Crippen molar-refractivity contribution in [1.29, 1.82) is 5.26 Å². The molecule has 0 saturated carbocycles. The van der Waals surface area contributed by atoms with Crippen LogP contribution >= 0.6 is 27.7 Å². The maximum absolute atomic E-state index is 8.58. The van der Waals surface area contributed by atoms with Gasteiger partial charge in [-0.05, 0) is 30.2 Å². The van der Waals surface area contributed by atoms with E-state index in [0.717, 1.165) is 15.8 Å². The molecule has 5 nitrogen and oxygen atoms in total. The summed E-state index contributed by atoms with van der Waals surface area (Å²) in [5.41, 5.74) is 7.87. The largest absolute Gasteiger partial charge is 0.493 e. The van der Waals surface area contributed by atoms with Crippen molar-refractivity contribution < 1.29 is 4.74 Å². The molecule has 0 heterocycles. The molecule has 0 amide bonds. The van der Waals surface area contributed by atoms with E-state index in [9.17, 15) is 0 Å². The fourth-order valence-corrected chi connectivity index (χ4v) is 2.98. The standard InChI is InChI=1S/C19H19BrN4OS/c20-17-8-9-18(25-11-5-4-10-21)16(12-17)13-23-24-19(22)26-14-15-6-2-1-3-7-15/h1-3,6-9,12-13H,4-5,11,14H2,(H2,22,24). The second-order valence-electron chi connectivity index (χ2n) is 5.25. The highest BCUT2D eigenvalue weighted by Crippen LogP contribution is 2.22. The molecule has 2 aromatic rings. The van der Waals surface area contributed by atoms with Crippen LogP contribution in [0.3, 0.4) is 0 Å². The molecular formula is C19H19BrN4OS. The SMILES string of the molecule is N#CCCCOc1ccc(Br)cc1C=NN=C(N)SCc1ccccc1. The van der Waals surface area contributed by atoms with Crippen LogP contribution in [0.25, 0.3) is 0 Å². The molecule has 0 spiro atoms. The fraction of sp³-hybridized carbons (Fsp3) is 0.211. The van der Waals surface area contributed by atoms with E-state index in [1.54, 1.807) is 6.21 Å². The van der Waals surface area contributed by atoms with Gasteiger partial charge in [0.25, 0.3) is 0 Å². The lowest BCUT2D eigenvalue weighted by Gasteiger charge is -2.08. The van der Waals surface area contributed by atoms with E-state index in [1.807, 2.05) is 48.5 Å². The Kier molecular flexibility index (Phi) is 8.73. The Bertz CT molecular complexity index is 803. The molecule has 0 aliphatic carbocycles. The van der Waals surface area contributed by atoms with Crippen molar-refractivity contribution >= 4 is 39.1 Å². The molecule has 0 radical (unpaired) electrons. The third-order valence-corrected chi connectivity index (χ3v) is 4.59. The van der Waals surface area contributed by atoms with Gasteiger partial charge in [-0.2, -0.15) is 10.4 Å². The third-order valence-electron chi connectivity index (χ3n) is 3.24. The summed E-state index contributed by atoms with van der Waals surface area (Å²) in [7, 11) is 0. The first-order valence-corrected chi connectivity index (χ1v) is 9.79. The molecule has 0 bridgehead atoms. The van der Waals surface area contributed by atoms with Gasteiger partial charge in [-0.25, -0.2) is 0 Å². The number of halogens is 1. The molecule has 134 valence electrons. The number of ether oxygens (including phenoxy) is 1. The molecule has 2 rings (SSSR count). The fourth-order valence-electron chi connectivity index (χ4n) is 1.99. The Morgan fingerprint density at radius 2 is 2.08 bits per heavy atom. The van der Waals surface area contributed by atoms with Gasteiger partial charge < -0.3 is 10.5 Å². The quantitative estimate of drug-likeness (QED) is 0.284. The van der Waals surface area contributed by atoms with E-state index in [1.165, 1.54) is 17.3 Å². The molecule has 0 atom stereocenters. The minimum Gasteiger partial charge on any atom is -0.493 e. The van der Waals surface area contributed by atoms with Crippen LogP contribution in [0.4, 0.5) is 0 Å². The van der Waals surface area contributed by atoms with Gasteiger partial charge in [0.05, 0.1) is 18.9 Å². The number of benzene rings is 2. The number of nitrogens with zero attached hydrogens (tertiary/aromatic N) is 3. The van der Waals surface area contributed by atoms with Crippen LogP contribution in [-0.4, -0.2) is 18.0 Å². The zero-order valence-corrected chi connectivity index (χ0v) is 16.5. The Hall–Kier alpha value is -2.30. The first-order valence-electron chi connectivity index (χ1n) is 8.01. The number of unbranched alkanes of at least 4 members (excludes halogenated alkanes) is 1. The van der Waals surface area contributed by atoms with Gasteiger partial charge in [-0.15, -0.1) is 5.10 Å². The molecule has 0 aromatic heterocycles. The van der Waals surface area contributed by atoms with Gasteiger partial charge in [-0.1, -0.05) is 58.0 Å². The van der Waals surface area contributed by atoms with Gasteiger partial charge in [0.2, 0.25) is 0 Å². The Morgan fingerprint density at radius 3 is 2.85 bits per heavy atom. The average molecular weight is 431 g/mol. The third kappa shape index (κ3) is 7.30. The monoisotopic (exact) mass is 430 g/mol. The Labute approximate surface area is 166 Å². The van der Waals surface area contributed by atoms with Crippen LogP contribution in [-0.2, 0) is 5.75 Å². The van der Waals surface area contributed by atoms with Crippen molar-refractivity contribution in [2.75, 3.05) is 6.61 Å². The molecule has 7 heteroatoms. The smallest absolute Gasteiger partial charge is 0.180 e. The highest BCUT2D eigenvalue weighted by molar-refractivity contribution is 9.10. The van der Waals surface area contributed by atoms with Crippen molar-refractivity contribution in [1.82, 2.24) is 0 Å². The van der Waals surface area contributed by atoms with Crippen molar-refractivity contribution in [2.45, 2.75) is 18.6 Å². The number of nitrogens with two attached hydrogens (primary N) is 1. The maximum atomic E-state index is 8.58. The summed E-state index contributed by atoms with van der Waals surface area (Å²) in [6.07, 6.45) is 2.77. The topological polar surface area (TPSA) is 83.8 Å². The summed E-state index contributed by atoms with van der Waals surface area (Å²) in [5, 5.41) is 17.1. The molecule has 0 unspecified atom stereocenters. The van der Waals surface area contributed by atoms with Crippen LogP contribution in [0.2, 0.25) is 0 Å². The highest BCUT2D eigenvalue weighted by Gasteiger charge is 2.03. The normalized spacial score (nSPS) is 11.5. The van der Waals surface area contributed by atoms with E-state index in [4.69, 9.17) is 15.7 Å². The number of hydrogen-bond acceptors (Lipinski definition) is 5.